The number of hydrogen-bond acceptors (Lipinski definition) is 2. The Hall–Kier alpha value is -0.960. The maximum absolute atomic E-state index is 14.4. The fourth-order valence-electron chi connectivity index (χ4n) is 2.34. The van der Waals surface area contributed by atoms with Gasteiger partial charge in [0.15, 0.2) is 0 Å². The number of nitrogens with two attached hydrogens (primary N) is 1. The molecule has 2 unspecified atom stereocenters. The molecule has 15 heavy (non-hydrogen) atoms. The zero-order valence-corrected chi connectivity index (χ0v) is 8.82. The van der Waals surface area contributed by atoms with E-state index in [0.29, 0.717) is 19.3 Å². The maximum Gasteiger partial charge on any atom is 0.118 e. The van der Waals surface area contributed by atoms with Crippen LogP contribution in [0.2, 0.25) is 0 Å². The second-order valence-electron chi connectivity index (χ2n) is 4.51. The van der Waals surface area contributed by atoms with E-state index in [0.717, 1.165) is 18.5 Å². The molecule has 0 bridgehead atoms. The van der Waals surface area contributed by atoms with Gasteiger partial charge in [0.2, 0.25) is 0 Å². The van der Waals surface area contributed by atoms with E-state index in [4.69, 9.17) is 5.73 Å². The van der Waals surface area contributed by atoms with Crippen molar-refractivity contribution in [3.05, 3.63) is 30.1 Å². The first-order chi connectivity index (χ1) is 7.18. The van der Waals surface area contributed by atoms with Gasteiger partial charge in [-0.2, -0.15) is 0 Å². The van der Waals surface area contributed by atoms with Crippen LogP contribution in [-0.4, -0.2) is 16.7 Å². The van der Waals surface area contributed by atoms with Crippen LogP contribution in [0, 0.1) is 0 Å². The van der Waals surface area contributed by atoms with Gasteiger partial charge in [-0.15, -0.1) is 0 Å². The molecule has 2 rings (SSSR count). The average molecular weight is 208 g/mol. The summed E-state index contributed by atoms with van der Waals surface area (Å²) < 4.78 is 14.4. The molecule has 2 nitrogen and oxygen atoms in total. The minimum Gasteiger partial charge on any atom is -0.328 e. The molecule has 2 atom stereocenters. The average Bonchev–Trinajstić information content (AvgIpc) is 2.18. The Morgan fingerprint density at radius 1 is 1.53 bits per heavy atom. The van der Waals surface area contributed by atoms with Gasteiger partial charge in [-0.3, -0.25) is 4.98 Å². The standard InChI is InChI=1S/C12H17FN2/c13-12(6-3-4-10(14)8-12)9-11-5-1-2-7-15-11/h1-2,5,7,10H,3-4,6,8-9,14H2. The van der Waals surface area contributed by atoms with Gasteiger partial charge in [-0.25, -0.2) is 4.39 Å². The highest BCUT2D eigenvalue weighted by atomic mass is 19.1. The second kappa shape index (κ2) is 4.27. The summed E-state index contributed by atoms with van der Waals surface area (Å²) in [5.74, 6) is 0. The molecular weight excluding hydrogens is 191 g/mol. The molecule has 0 spiro atoms. The summed E-state index contributed by atoms with van der Waals surface area (Å²) in [6.45, 7) is 0. The Morgan fingerprint density at radius 3 is 3.07 bits per heavy atom. The zero-order valence-electron chi connectivity index (χ0n) is 8.82. The normalized spacial score (nSPS) is 31.5. The molecule has 82 valence electrons. The van der Waals surface area contributed by atoms with Crippen molar-refractivity contribution in [2.24, 2.45) is 5.73 Å². The third-order valence-electron chi connectivity index (χ3n) is 3.05. The lowest BCUT2D eigenvalue weighted by molar-refractivity contribution is 0.0954. The number of aromatic nitrogens is 1. The lowest BCUT2D eigenvalue weighted by Crippen LogP contribution is -2.39. The summed E-state index contributed by atoms with van der Waals surface area (Å²) in [6, 6.07) is 5.64. The Kier molecular flexibility index (Phi) is 3.00. The van der Waals surface area contributed by atoms with Gasteiger partial charge in [0, 0.05) is 24.4 Å². The van der Waals surface area contributed by atoms with E-state index in [1.54, 1.807) is 6.20 Å². The molecule has 0 amide bonds. The maximum atomic E-state index is 14.4. The van der Waals surface area contributed by atoms with E-state index in [2.05, 4.69) is 4.98 Å². The third-order valence-corrected chi connectivity index (χ3v) is 3.05. The highest BCUT2D eigenvalue weighted by Crippen LogP contribution is 2.33. The van der Waals surface area contributed by atoms with E-state index < -0.39 is 5.67 Å². The summed E-state index contributed by atoms with van der Waals surface area (Å²) in [4.78, 5) is 4.16. The first-order valence-electron chi connectivity index (χ1n) is 5.52. The second-order valence-corrected chi connectivity index (χ2v) is 4.51. The molecule has 1 saturated carbocycles. The van der Waals surface area contributed by atoms with Crippen LogP contribution in [0.4, 0.5) is 4.39 Å². The van der Waals surface area contributed by atoms with Crippen LogP contribution < -0.4 is 5.73 Å². The zero-order chi connectivity index (χ0) is 10.7. The molecule has 1 aliphatic rings. The summed E-state index contributed by atoms with van der Waals surface area (Å²) in [5, 5.41) is 0. The van der Waals surface area contributed by atoms with Crippen molar-refractivity contribution in [2.45, 2.75) is 43.8 Å². The smallest absolute Gasteiger partial charge is 0.118 e. The topological polar surface area (TPSA) is 38.9 Å². The van der Waals surface area contributed by atoms with E-state index in [-0.39, 0.29) is 6.04 Å². The molecule has 1 heterocycles. The van der Waals surface area contributed by atoms with Crippen molar-refractivity contribution in [2.75, 3.05) is 0 Å². The van der Waals surface area contributed by atoms with Gasteiger partial charge in [-0.1, -0.05) is 6.07 Å². The summed E-state index contributed by atoms with van der Waals surface area (Å²) >= 11 is 0. The largest absolute Gasteiger partial charge is 0.328 e. The molecule has 1 fully saturated rings. The van der Waals surface area contributed by atoms with Gasteiger partial charge in [-0.05, 0) is 37.8 Å². The molecule has 2 N–H and O–H groups in total. The summed E-state index contributed by atoms with van der Waals surface area (Å²) in [5.41, 5.74) is 5.50. The Balaban J connectivity index is 2.04. The Bertz CT molecular complexity index is 315. The quantitative estimate of drug-likeness (QED) is 0.809. The number of pyridine rings is 1. The predicted octanol–water partition coefficient (Wildman–Crippen LogP) is 2.23. The van der Waals surface area contributed by atoms with Gasteiger partial charge in [0.05, 0.1) is 0 Å². The molecular formula is C12H17FN2. The van der Waals surface area contributed by atoms with E-state index >= 15 is 0 Å². The number of hydrogen-bond donors (Lipinski definition) is 1. The van der Waals surface area contributed by atoms with Crippen molar-refractivity contribution in [1.82, 2.24) is 4.98 Å². The molecule has 0 aromatic carbocycles. The fourth-order valence-corrected chi connectivity index (χ4v) is 2.34. The van der Waals surface area contributed by atoms with Crippen LogP contribution in [-0.2, 0) is 6.42 Å². The van der Waals surface area contributed by atoms with Crippen molar-refractivity contribution >= 4 is 0 Å². The lowest BCUT2D eigenvalue weighted by Gasteiger charge is -2.32. The Morgan fingerprint density at radius 2 is 2.40 bits per heavy atom. The molecule has 0 radical (unpaired) electrons. The van der Waals surface area contributed by atoms with Crippen LogP contribution in [0.5, 0.6) is 0 Å². The van der Waals surface area contributed by atoms with E-state index in [1.165, 1.54) is 0 Å². The first-order valence-corrected chi connectivity index (χ1v) is 5.52. The first kappa shape index (κ1) is 10.6. The number of nitrogens with zero attached hydrogens (tertiary/aromatic N) is 1. The van der Waals surface area contributed by atoms with Crippen LogP contribution in [0.1, 0.15) is 31.4 Å². The molecule has 1 aromatic heterocycles. The van der Waals surface area contributed by atoms with Crippen LogP contribution in [0.25, 0.3) is 0 Å². The van der Waals surface area contributed by atoms with Gasteiger partial charge in [0.1, 0.15) is 5.67 Å². The number of rotatable bonds is 2. The SMILES string of the molecule is NC1CCCC(F)(Cc2ccccn2)C1. The third kappa shape index (κ3) is 2.75. The summed E-state index contributed by atoms with van der Waals surface area (Å²) in [7, 11) is 0. The minimum atomic E-state index is -1.13. The van der Waals surface area contributed by atoms with Crippen LogP contribution >= 0.6 is 0 Å². The van der Waals surface area contributed by atoms with Crippen molar-refractivity contribution < 1.29 is 4.39 Å². The molecule has 0 aliphatic heterocycles. The van der Waals surface area contributed by atoms with Gasteiger partial charge >= 0.3 is 0 Å². The lowest BCUT2D eigenvalue weighted by atomic mass is 9.81. The van der Waals surface area contributed by atoms with Crippen molar-refractivity contribution in [3.63, 3.8) is 0 Å². The van der Waals surface area contributed by atoms with Crippen molar-refractivity contribution in [1.29, 1.82) is 0 Å². The predicted molar refractivity (Wildman–Crippen MR) is 58.2 cm³/mol. The summed E-state index contributed by atoms with van der Waals surface area (Å²) in [6.07, 6.45) is 5.06. The fraction of sp³-hybridized carbons (Fsp3) is 0.583. The van der Waals surface area contributed by atoms with Gasteiger partial charge in [0.25, 0.3) is 0 Å². The van der Waals surface area contributed by atoms with Crippen LogP contribution in [0.3, 0.4) is 0 Å². The molecule has 0 saturated heterocycles. The minimum absolute atomic E-state index is 0.0208. The van der Waals surface area contributed by atoms with Gasteiger partial charge < -0.3 is 5.73 Å². The van der Waals surface area contributed by atoms with E-state index in [1.807, 2.05) is 18.2 Å². The Labute approximate surface area is 89.7 Å². The van der Waals surface area contributed by atoms with E-state index in [9.17, 15) is 4.39 Å². The monoisotopic (exact) mass is 208 g/mol. The molecule has 3 heteroatoms. The van der Waals surface area contributed by atoms with Crippen molar-refractivity contribution in [3.8, 4) is 0 Å². The number of alkyl halides is 1. The highest BCUT2D eigenvalue weighted by molar-refractivity contribution is 5.08. The number of halogens is 1. The highest BCUT2D eigenvalue weighted by Gasteiger charge is 2.35. The van der Waals surface area contributed by atoms with Crippen LogP contribution in [0.15, 0.2) is 24.4 Å². The molecule has 1 aromatic rings. The molecule has 1 aliphatic carbocycles.